The van der Waals surface area contributed by atoms with Crippen molar-refractivity contribution in [3.8, 4) is 0 Å². The predicted molar refractivity (Wildman–Crippen MR) is 35.5 cm³/mol. The zero-order valence-corrected chi connectivity index (χ0v) is 6.03. The minimum absolute atomic E-state index is 0.00620. The first kappa shape index (κ1) is 7.44. The molecule has 3 nitrogen and oxygen atoms in total. The standard InChI is InChI=1S/C7H10O3/c1-5-6(8)3-4-7(9-2)10-5/h3-5,7H,1-2H3/t5-,7-/m0/s1. The van der Waals surface area contributed by atoms with Gasteiger partial charge >= 0.3 is 0 Å². The molecule has 10 heavy (non-hydrogen) atoms. The first-order valence-electron chi connectivity index (χ1n) is 3.14. The fourth-order valence-corrected chi connectivity index (χ4v) is 0.757. The molecule has 0 bridgehead atoms. The van der Waals surface area contributed by atoms with E-state index in [1.54, 1.807) is 13.0 Å². The number of methoxy groups -OCH3 is 1. The number of ketones is 1. The topological polar surface area (TPSA) is 35.5 Å². The highest BCUT2D eigenvalue weighted by molar-refractivity contribution is 5.93. The normalized spacial score (nSPS) is 32.8. The van der Waals surface area contributed by atoms with Gasteiger partial charge in [0.1, 0.15) is 6.10 Å². The van der Waals surface area contributed by atoms with Gasteiger partial charge in [-0.2, -0.15) is 0 Å². The summed E-state index contributed by atoms with van der Waals surface area (Å²) in [6.07, 6.45) is 2.37. The van der Waals surface area contributed by atoms with E-state index in [1.807, 2.05) is 0 Å². The average Bonchev–Trinajstić information content (AvgIpc) is 1.95. The lowest BCUT2D eigenvalue weighted by Gasteiger charge is -2.20. The zero-order chi connectivity index (χ0) is 7.56. The monoisotopic (exact) mass is 142 g/mol. The largest absolute Gasteiger partial charge is 0.352 e. The second-order valence-electron chi connectivity index (χ2n) is 2.14. The molecule has 3 heteroatoms. The Bertz CT molecular complexity index is 162. The summed E-state index contributed by atoms with van der Waals surface area (Å²) in [7, 11) is 1.54. The molecular weight excluding hydrogens is 132 g/mol. The third kappa shape index (κ3) is 1.43. The number of ether oxygens (including phenoxy) is 2. The van der Waals surface area contributed by atoms with Crippen molar-refractivity contribution in [2.45, 2.75) is 19.3 Å². The Labute approximate surface area is 59.6 Å². The van der Waals surface area contributed by atoms with Crippen molar-refractivity contribution >= 4 is 5.78 Å². The van der Waals surface area contributed by atoms with Crippen LogP contribution in [0.25, 0.3) is 0 Å². The van der Waals surface area contributed by atoms with Crippen LogP contribution in [-0.4, -0.2) is 25.3 Å². The van der Waals surface area contributed by atoms with E-state index in [0.717, 1.165) is 0 Å². The maximum absolute atomic E-state index is 10.8. The molecule has 0 aromatic carbocycles. The van der Waals surface area contributed by atoms with E-state index < -0.39 is 0 Å². The Morgan fingerprint density at radius 1 is 1.70 bits per heavy atom. The number of hydrogen-bond donors (Lipinski definition) is 0. The van der Waals surface area contributed by atoms with Gasteiger partial charge in [-0.15, -0.1) is 0 Å². The highest BCUT2D eigenvalue weighted by atomic mass is 16.7. The van der Waals surface area contributed by atoms with Crippen molar-refractivity contribution in [1.82, 2.24) is 0 Å². The molecule has 0 aromatic heterocycles. The fraction of sp³-hybridized carbons (Fsp3) is 0.571. The fourth-order valence-electron chi connectivity index (χ4n) is 0.757. The number of rotatable bonds is 1. The zero-order valence-electron chi connectivity index (χ0n) is 6.03. The summed E-state index contributed by atoms with van der Waals surface area (Å²) in [6.45, 7) is 1.71. The van der Waals surface area contributed by atoms with Crippen LogP contribution in [0.2, 0.25) is 0 Å². The summed E-state index contributed by atoms with van der Waals surface area (Å²) in [6, 6.07) is 0. The minimum Gasteiger partial charge on any atom is -0.352 e. The SMILES string of the molecule is CO[C@@H]1C=CC(=O)[C@H](C)O1. The molecule has 0 unspecified atom stereocenters. The smallest absolute Gasteiger partial charge is 0.184 e. The maximum atomic E-state index is 10.8. The van der Waals surface area contributed by atoms with Gasteiger partial charge in [0, 0.05) is 7.11 Å². The van der Waals surface area contributed by atoms with E-state index in [4.69, 9.17) is 9.47 Å². The van der Waals surface area contributed by atoms with Gasteiger partial charge in [0.25, 0.3) is 0 Å². The summed E-state index contributed by atoms with van der Waals surface area (Å²) < 4.78 is 9.94. The Kier molecular flexibility index (Phi) is 2.19. The molecule has 0 aromatic rings. The molecule has 1 rings (SSSR count). The molecule has 2 atom stereocenters. The van der Waals surface area contributed by atoms with Gasteiger partial charge in [0.2, 0.25) is 0 Å². The summed E-state index contributed by atoms with van der Waals surface area (Å²) in [5.41, 5.74) is 0. The lowest BCUT2D eigenvalue weighted by atomic mass is 10.2. The predicted octanol–water partition coefficient (Wildman–Crippen LogP) is 0.503. The second kappa shape index (κ2) is 2.94. The Morgan fingerprint density at radius 3 is 2.90 bits per heavy atom. The van der Waals surface area contributed by atoms with Crippen molar-refractivity contribution in [3.63, 3.8) is 0 Å². The van der Waals surface area contributed by atoms with E-state index in [-0.39, 0.29) is 18.2 Å². The van der Waals surface area contributed by atoms with E-state index >= 15 is 0 Å². The molecule has 0 spiro atoms. The van der Waals surface area contributed by atoms with Crippen LogP contribution in [0, 0.1) is 0 Å². The van der Waals surface area contributed by atoms with Crippen molar-refractivity contribution in [1.29, 1.82) is 0 Å². The lowest BCUT2D eigenvalue weighted by Crippen LogP contribution is -2.29. The molecule has 56 valence electrons. The van der Waals surface area contributed by atoms with Crippen molar-refractivity contribution < 1.29 is 14.3 Å². The van der Waals surface area contributed by atoms with Gasteiger partial charge in [-0.3, -0.25) is 4.79 Å². The van der Waals surface area contributed by atoms with Crippen molar-refractivity contribution in [2.24, 2.45) is 0 Å². The highest BCUT2D eigenvalue weighted by Gasteiger charge is 2.19. The van der Waals surface area contributed by atoms with Gasteiger partial charge in [0.15, 0.2) is 12.1 Å². The molecule has 1 heterocycles. The van der Waals surface area contributed by atoms with Crippen LogP contribution in [0.5, 0.6) is 0 Å². The van der Waals surface area contributed by atoms with Crippen LogP contribution < -0.4 is 0 Å². The molecule has 1 aliphatic rings. The van der Waals surface area contributed by atoms with E-state index in [0.29, 0.717) is 0 Å². The third-order valence-corrected chi connectivity index (χ3v) is 1.39. The van der Waals surface area contributed by atoms with Gasteiger partial charge in [-0.1, -0.05) is 0 Å². The molecule has 1 aliphatic heterocycles. The average molecular weight is 142 g/mol. The van der Waals surface area contributed by atoms with Crippen molar-refractivity contribution in [2.75, 3.05) is 7.11 Å². The summed E-state index contributed by atoms with van der Waals surface area (Å²) in [4.78, 5) is 10.8. The second-order valence-corrected chi connectivity index (χ2v) is 2.14. The van der Waals surface area contributed by atoms with Crippen molar-refractivity contribution in [3.05, 3.63) is 12.2 Å². The summed E-state index contributed by atoms with van der Waals surface area (Å²) in [5.74, 6) is -0.00620. The molecule has 0 radical (unpaired) electrons. The van der Waals surface area contributed by atoms with E-state index in [2.05, 4.69) is 0 Å². The molecule has 0 saturated heterocycles. The molecule has 0 N–H and O–H groups in total. The number of carbonyl (C=O) groups excluding carboxylic acids is 1. The van der Waals surface area contributed by atoms with E-state index in [1.165, 1.54) is 13.2 Å². The Hall–Kier alpha value is -0.670. The van der Waals surface area contributed by atoms with E-state index in [9.17, 15) is 4.79 Å². The maximum Gasteiger partial charge on any atom is 0.184 e. The van der Waals surface area contributed by atoms with Gasteiger partial charge < -0.3 is 9.47 Å². The minimum atomic E-state index is -0.366. The lowest BCUT2D eigenvalue weighted by molar-refractivity contribution is -0.151. The first-order chi connectivity index (χ1) is 4.74. The third-order valence-electron chi connectivity index (χ3n) is 1.39. The highest BCUT2D eigenvalue weighted by Crippen LogP contribution is 2.08. The Morgan fingerprint density at radius 2 is 2.40 bits per heavy atom. The molecule has 0 amide bonds. The van der Waals surface area contributed by atoms with Gasteiger partial charge in [-0.05, 0) is 19.1 Å². The van der Waals surface area contributed by atoms with Crippen LogP contribution in [0.3, 0.4) is 0 Å². The summed E-state index contributed by atoms with van der Waals surface area (Å²) in [5, 5.41) is 0. The Balaban J connectivity index is 2.59. The number of carbonyl (C=O) groups is 1. The van der Waals surface area contributed by atoms with Crippen LogP contribution >= 0.6 is 0 Å². The number of hydrogen-bond acceptors (Lipinski definition) is 3. The molecule has 0 fully saturated rings. The molecule has 0 aliphatic carbocycles. The van der Waals surface area contributed by atoms with Crippen LogP contribution in [0.15, 0.2) is 12.2 Å². The first-order valence-corrected chi connectivity index (χ1v) is 3.14. The van der Waals surface area contributed by atoms with Gasteiger partial charge in [-0.25, -0.2) is 0 Å². The van der Waals surface area contributed by atoms with Crippen LogP contribution in [-0.2, 0) is 14.3 Å². The van der Waals surface area contributed by atoms with Gasteiger partial charge in [0.05, 0.1) is 0 Å². The van der Waals surface area contributed by atoms with Crippen LogP contribution in [0.4, 0.5) is 0 Å². The quantitative estimate of drug-likeness (QED) is 0.535. The summed E-state index contributed by atoms with van der Waals surface area (Å²) >= 11 is 0. The molecule has 0 saturated carbocycles. The van der Waals surface area contributed by atoms with Crippen LogP contribution in [0.1, 0.15) is 6.92 Å². The molecular formula is C7H10O3.